The fourth-order valence-corrected chi connectivity index (χ4v) is 5.22. The van der Waals surface area contributed by atoms with Crippen molar-refractivity contribution in [3.63, 3.8) is 0 Å². The molecule has 7 nitrogen and oxygen atoms in total. The normalized spacial score (nSPS) is 19.8. The van der Waals surface area contributed by atoms with Crippen molar-refractivity contribution in [3.05, 3.63) is 29.8 Å². The van der Waals surface area contributed by atoms with Gasteiger partial charge < -0.3 is 14.7 Å². The Bertz CT molecular complexity index is 838. The van der Waals surface area contributed by atoms with Crippen molar-refractivity contribution in [1.82, 2.24) is 9.21 Å². The van der Waals surface area contributed by atoms with Crippen molar-refractivity contribution in [2.45, 2.75) is 62.2 Å². The predicted molar refractivity (Wildman–Crippen MR) is 112 cm³/mol. The molecule has 0 bridgehead atoms. The molecule has 0 atom stereocenters. The topological polar surface area (TPSA) is 87.2 Å². The fraction of sp³-hybridized carbons (Fsp3) is 0.667. The third-order valence-corrected chi connectivity index (χ3v) is 7.71. The van der Waals surface area contributed by atoms with Gasteiger partial charge in [-0.2, -0.15) is 17.5 Å². The first-order valence-electron chi connectivity index (χ1n) is 10.7. The van der Waals surface area contributed by atoms with Gasteiger partial charge in [-0.1, -0.05) is 0 Å². The number of carbonyl (C=O) groups excluding carboxylic acids is 1. The smallest absolute Gasteiger partial charge is 0.395 e. The van der Waals surface area contributed by atoms with Crippen LogP contribution >= 0.6 is 0 Å². The number of rotatable bonds is 10. The minimum absolute atomic E-state index is 0.0749. The number of benzene rings is 1. The van der Waals surface area contributed by atoms with E-state index in [-0.39, 0.29) is 42.6 Å². The predicted octanol–water partition coefficient (Wildman–Crippen LogP) is 2.88. The number of aliphatic hydroxyl groups is 1. The summed E-state index contributed by atoms with van der Waals surface area (Å²) >= 11 is 0. The number of carbonyl (C=O) groups is 1. The van der Waals surface area contributed by atoms with E-state index in [1.165, 1.54) is 11.4 Å². The lowest BCUT2D eigenvalue weighted by Crippen LogP contribution is -2.40. The molecule has 1 amide bonds. The van der Waals surface area contributed by atoms with Gasteiger partial charge in [0, 0.05) is 26.2 Å². The third-order valence-electron chi connectivity index (χ3n) is 5.79. The molecule has 0 heterocycles. The lowest BCUT2D eigenvalue weighted by Gasteiger charge is -2.34. The van der Waals surface area contributed by atoms with Crippen molar-refractivity contribution >= 4 is 15.9 Å². The number of amides is 1. The maximum atomic E-state index is 12.8. The molecule has 1 aliphatic carbocycles. The Morgan fingerprint density at radius 3 is 2.25 bits per heavy atom. The Kier molecular flexibility index (Phi) is 9.50. The number of likely N-dealkylation sites (N-methyl/N-ethyl adjacent to an activating group) is 1. The Labute approximate surface area is 187 Å². The van der Waals surface area contributed by atoms with Crippen LogP contribution in [0.1, 0.15) is 44.6 Å². The van der Waals surface area contributed by atoms with Crippen LogP contribution in [-0.2, 0) is 25.7 Å². The number of sulfonamides is 1. The van der Waals surface area contributed by atoms with E-state index in [1.54, 1.807) is 4.90 Å². The first-order chi connectivity index (χ1) is 15.0. The standard InChI is InChI=1S/C21H31F3N2O5S/c1-3-26(13-14-27)20(28)12-15-31-18-8-6-17(7-9-18)25(2)32(29,30)19-10-4-16(5-11-19)21(22,23)24/h4-5,10-11,17-18,27H,3,6-9,12-15H2,1-2H3/t17-,18-. The van der Waals surface area contributed by atoms with Crippen molar-refractivity contribution in [1.29, 1.82) is 0 Å². The Morgan fingerprint density at radius 1 is 1.16 bits per heavy atom. The van der Waals surface area contributed by atoms with Crippen molar-refractivity contribution < 1.29 is 36.2 Å². The van der Waals surface area contributed by atoms with Crippen LogP contribution in [0.15, 0.2) is 29.2 Å². The summed E-state index contributed by atoms with van der Waals surface area (Å²) < 4.78 is 70.8. The van der Waals surface area contributed by atoms with Crippen molar-refractivity contribution in [2.75, 3.05) is 33.4 Å². The van der Waals surface area contributed by atoms with Gasteiger partial charge >= 0.3 is 6.18 Å². The number of hydrogen-bond donors (Lipinski definition) is 1. The molecule has 0 unspecified atom stereocenters. The average Bonchev–Trinajstić information content (AvgIpc) is 2.76. The molecular formula is C21H31F3N2O5S. The highest BCUT2D eigenvalue weighted by atomic mass is 32.2. The summed E-state index contributed by atoms with van der Waals surface area (Å²) in [6.07, 6.45) is -2.02. The summed E-state index contributed by atoms with van der Waals surface area (Å²) in [5.74, 6) is -0.0856. The van der Waals surface area contributed by atoms with E-state index in [1.807, 2.05) is 6.92 Å². The number of nitrogens with zero attached hydrogens (tertiary/aromatic N) is 2. The molecule has 0 radical (unpaired) electrons. The van der Waals surface area contributed by atoms with Gasteiger partial charge in [0.2, 0.25) is 15.9 Å². The van der Waals surface area contributed by atoms with E-state index < -0.39 is 21.8 Å². The summed E-state index contributed by atoms with van der Waals surface area (Å²) in [6, 6.07) is 3.23. The summed E-state index contributed by atoms with van der Waals surface area (Å²) in [6.45, 7) is 2.82. The lowest BCUT2D eigenvalue weighted by atomic mass is 9.93. The largest absolute Gasteiger partial charge is 0.416 e. The number of ether oxygens (including phenoxy) is 1. The van der Waals surface area contributed by atoms with E-state index in [0.29, 0.717) is 38.8 Å². The molecule has 1 aliphatic rings. The zero-order chi connectivity index (χ0) is 23.9. The molecule has 0 saturated heterocycles. The summed E-state index contributed by atoms with van der Waals surface area (Å²) in [5.41, 5.74) is -0.895. The number of alkyl halides is 3. The zero-order valence-corrected chi connectivity index (χ0v) is 19.2. The molecule has 1 aromatic carbocycles. The van der Waals surface area contributed by atoms with Gasteiger partial charge in [0.25, 0.3) is 0 Å². The molecular weight excluding hydrogens is 449 g/mol. The van der Waals surface area contributed by atoms with Gasteiger partial charge in [0.05, 0.1) is 36.2 Å². The van der Waals surface area contributed by atoms with E-state index in [9.17, 15) is 26.4 Å². The Morgan fingerprint density at radius 2 is 1.75 bits per heavy atom. The van der Waals surface area contributed by atoms with Gasteiger partial charge in [-0.25, -0.2) is 8.42 Å². The number of halogens is 3. The second kappa shape index (κ2) is 11.4. The van der Waals surface area contributed by atoms with Crippen LogP contribution in [0.5, 0.6) is 0 Å². The average molecular weight is 481 g/mol. The first kappa shape index (κ1) is 26.6. The van der Waals surface area contributed by atoms with E-state index in [0.717, 1.165) is 24.3 Å². The molecule has 32 heavy (non-hydrogen) atoms. The summed E-state index contributed by atoms with van der Waals surface area (Å²) in [5, 5.41) is 8.97. The van der Waals surface area contributed by atoms with Gasteiger partial charge in [0.1, 0.15) is 0 Å². The van der Waals surface area contributed by atoms with E-state index >= 15 is 0 Å². The molecule has 11 heteroatoms. The third kappa shape index (κ3) is 6.90. The highest BCUT2D eigenvalue weighted by molar-refractivity contribution is 7.89. The van der Waals surface area contributed by atoms with E-state index in [2.05, 4.69) is 0 Å². The Hall–Kier alpha value is -1.69. The van der Waals surface area contributed by atoms with Crippen LogP contribution in [0.2, 0.25) is 0 Å². The minimum atomic E-state index is -4.52. The molecule has 1 fully saturated rings. The fourth-order valence-electron chi connectivity index (χ4n) is 3.80. The maximum absolute atomic E-state index is 12.8. The van der Waals surface area contributed by atoms with Gasteiger partial charge in [0.15, 0.2) is 0 Å². The number of aliphatic hydroxyl groups excluding tert-OH is 1. The highest BCUT2D eigenvalue weighted by Gasteiger charge is 2.34. The van der Waals surface area contributed by atoms with Gasteiger partial charge in [-0.15, -0.1) is 0 Å². The Balaban J connectivity index is 1.85. The molecule has 1 aromatic rings. The summed E-state index contributed by atoms with van der Waals surface area (Å²) in [7, 11) is -2.47. The van der Waals surface area contributed by atoms with Crippen molar-refractivity contribution in [2.24, 2.45) is 0 Å². The quantitative estimate of drug-likeness (QED) is 0.557. The maximum Gasteiger partial charge on any atom is 0.416 e. The van der Waals surface area contributed by atoms with Crippen molar-refractivity contribution in [3.8, 4) is 0 Å². The van der Waals surface area contributed by atoms with Crippen LogP contribution in [-0.4, -0.2) is 74.1 Å². The molecule has 0 aliphatic heterocycles. The second-order valence-electron chi connectivity index (χ2n) is 7.79. The van der Waals surface area contributed by atoms with Crippen LogP contribution in [0.25, 0.3) is 0 Å². The number of hydrogen-bond acceptors (Lipinski definition) is 5. The highest BCUT2D eigenvalue weighted by Crippen LogP contribution is 2.32. The molecule has 182 valence electrons. The van der Waals surface area contributed by atoms with Crippen LogP contribution in [0, 0.1) is 0 Å². The minimum Gasteiger partial charge on any atom is -0.395 e. The van der Waals surface area contributed by atoms with Gasteiger partial charge in [-0.3, -0.25) is 4.79 Å². The molecule has 0 aromatic heterocycles. The lowest BCUT2D eigenvalue weighted by molar-refractivity contribution is -0.137. The SMILES string of the molecule is CCN(CCO)C(=O)CCO[C@H]1CC[C@H](N(C)S(=O)(=O)c2ccc(C(F)(F)F)cc2)CC1. The van der Waals surface area contributed by atoms with Crippen LogP contribution in [0.3, 0.4) is 0 Å². The molecule has 2 rings (SSSR count). The molecule has 1 N–H and O–H groups in total. The van der Waals surface area contributed by atoms with Gasteiger partial charge in [-0.05, 0) is 56.9 Å². The molecule has 0 spiro atoms. The monoisotopic (exact) mass is 480 g/mol. The summed E-state index contributed by atoms with van der Waals surface area (Å²) in [4.78, 5) is 13.5. The molecule has 1 saturated carbocycles. The van der Waals surface area contributed by atoms with Crippen LogP contribution in [0.4, 0.5) is 13.2 Å². The van der Waals surface area contributed by atoms with Crippen LogP contribution < -0.4 is 0 Å². The second-order valence-corrected chi connectivity index (χ2v) is 9.79. The first-order valence-corrected chi connectivity index (χ1v) is 12.1. The zero-order valence-electron chi connectivity index (χ0n) is 18.3. The van der Waals surface area contributed by atoms with E-state index in [4.69, 9.17) is 9.84 Å².